The van der Waals surface area contributed by atoms with Gasteiger partial charge in [0.15, 0.2) is 5.78 Å². The zero-order valence-electron chi connectivity index (χ0n) is 14.0. The number of rotatable bonds is 7. The molecular formula is C18H21NO4S. The molecule has 0 heterocycles. The van der Waals surface area contributed by atoms with Crippen LogP contribution in [-0.2, 0) is 10.0 Å². The maximum absolute atomic E-state index is 12.2. The Hall–Kier alpha value is -2.18. The average Bonchev–Trinajstić information content (AvgIpc) is 2.53. The molecule has 0 aromatic heterocycles. The van der Waals surface area contributed by atoms with Gasteiger partial charge in [0.25, 0.3) is 0 Å². The molecule has 0 spiro atoms. The number of Topliss-reactive ketones (excluding diaryl/α,β-unsaturated/α-hetero) is 1. The van der Waals surface area contributed by atoms with Gasteiger partial charge in [0.2, 0.25) is 10.0 Å². The van der Waals surface area contributed by atoms with Crippen molar-refractivity contribution in [3.8, 4) is 5.75 Å². The van der Waals surface area contributed by atoms with Gasteiger partial charge in [-0.15, -0.1) is 0 Å². The largest absolute Gasteiger partial charge is 0.492 e. The van der Waals surface area contributed by atoms with E-state index >= 15 is 0 Å². The molecule has 0 radical (unpaired) electrons. The lowest BCUT2D eigenvalue weighted by atomic mass is 10.1. The van der Waals surface area contributed by atoms with E-state index in [0.29, 0.717) is 5.56 Å². The third kappa shape index (κ3) is 4.66. The molecule has 0 amide bonds. The molecule has 6 heteroatoms. The maximum Gasteiger partial charge on any atom is 0.240 e. The normalized spacial score (nSPS) is 11.3. The number of ether oxygens (including phenoxy) is 1. The van der Waals surface area contributed by atoms with Crippen LogP contribution in [0.15, 0.2) is 47.4 Å². The van der Waals surface area contributed by atoms with Crippen molar-refractivity contribution in [3.05, 3.63) is 59.2 Å². The lowest BCUT2D eigenvalue weighted by Crippen LogP contribution is -2.28. The number of ketones is 1. The molecule has 1 N–H and O–H groups in total. The van der Waals surface area contributed by atoms with Crippen LogP contribution in [0.1, 0.15) is 28.4 Å². The topological polar surface area (TPSA) is 72.5 Å². The molecule has 5 nitrogen and oxygen atoms in total. The number of benzene rings is 2. The van der Waals surface area contributed by atoms with Crippen LogP contribution in [0.5, 0.6) is 5.75 Å². The number of sulfonamides is 1. The first-order chi connectivity index (χ1) is 11.3. The van der Waals surface area contributed by atoms with E-state index in [-0.39, 0.29) is 23.8 Å². The molecule has 0 aliphatic heterocycles. The van der Waals surface area contributed by atoms with Crippen molar-refractivity contribution >= 4 is 15.8 Å². The Kier molecular flexibility index (Phi) is 5.75. The van der Waals surface area contributed by atoms with E-state index < -0.39 is 10.0 Å². The lowest BCUT2D eigenvalue weighted by Gasteiger charge is -2.11. The standard InChI is InChI=1S/C18H21NO4S/c1-13-4-9-18(14(2)12-13)23-11-10-19-24(21,22)17-7-5-16(6-8-17)15(3)20/h4-9,12,19H,10-11H2,1-3H3. The molecule has 2 rings (SSSR count). The van der Waals surface area contributed by atoms with Crippen LogP contribution in [0.3, 0.4) is 0 Å². The summed E-state index contributed by atoms with van der Waals surface area (Å²) in [5.74, 6) is 0.638. The highest BCUT2D eigenvalue weighted by molar-refractivity contribution is 7.89. The van der Waals surface area contributed by atoms with Crippen LogP contribution in [-0.4, -0.2) is 27.4 Å². The predicted octanol–water partition coefficient (Wildman–Crippen LogP) is 2.86. The summed E-state index contributed by atoms with van der Waals surface area (Å²) in [7, 11) is -3.62. The van der Waals surface area contributed by atoms with Crippen LogP contribution < -0.4 is 9.46 Å². The second kappa shape index (κ2) is 7.59. The highest BCUT2D eigenvalue weighted by Gasteiger charge is 2.13. The fraction of sp³-hybridized carbons (Fsp3) is 0.278. The second-order valence-electron chi connectivity index (χ2n) is 5.60. The minimum atomic E-state index is -3.62. The van der Waals surface area contributed by atoms with E-state index in [1.807, 2.05) is 32.0 Å². The lowest BCUT2D eigenvalue weighted by molar-refractivity contribution is 0.101. The van der Waals surface area contributed by atoms with Gasteiger partial charge < -0.3 is 4.74 Å². The number of carbonyl (C=O) groups is 1. The van der Waals surface area contributed by atoms with Gasteiger partial charge in [-0.05, 0) is 44.5 Å². The summed E-state index contributed by atoms with van der Waals surface area (Å²) in [4.78, 5) is 11.3. The van der Waals surface area contributed by atoms with Crippen molar-refractivity contribution < 1.29 is 17.9 Å². The highest BCUT2D eigenvalue weighted by Crippen LogP contribution is 2.18. The molecular weight excluding hydrogens is 326 g/mol. The molecule has 0 aliphatic carbocycles. The summed E-state index contributed by atoms with van der Waals surface area (Å²) in [6.07, 6.45) is 0. The van der Waals surface area contributed by atoms with E-state index in [2.05, 4.69) is 4.72 Å². The number of nitrogens with one attached hydrogen (secondary N) is 1. The van der Waals surface area contributed by atoms with Gasteiger partial charge in [-0.25, -0.2) is 13.1 Å². The summed E-state index contributed by atoms with van der Waals surface area (Å²) in [5.41, 5.74) is 2.64. The van der Waals surface area contributed by atoms with Crippen molar-refractivity contribution in [1.82, 2.24) is 4.72 Å². The van der Waals surface area contributed by atoms with Crippen molar-refractivity contribution in [3.63, 3.8) is 0 Å². The minimum Gasteiger partial charge on any atom is -0.492 e. The highest BCUT2D eigenvalue weighted by atomic mass is 32.2. The monoisotopic (exact) mass is 347 g/mol. The van der Waals surface area contributed by atoms with E-state index in [4.69, 9.17) is 4.74 Å². The molecule has 0 saturated carbocycles. The molecule has 0 saturated heterocycles. The van der Waals surface area contributed by atoms with Gasteiger partial charge in [0.05, 0.1) is 4.90 Å². The zero-order valence-corrected chi connectivity index (χ0v) is 14.8. The fourth-order valence-corrected chi connectivity index (χ4v) is 3.26. The number of aryl methyl sites for hydroxylation is 2. The summed E-state index contributed by atoms with van der Waals surface area (Å²) in [6, 6.07) is 11.7. The van der Waals surface area contributed by atoms with Gasteiger partial charge in [-0.3, -0.25) is 4.79 Å². The van der Waals surface area contributed by atoms with E-state index in [9.17, 15) is 13.2 Å². The first kappa shape index (κ1) is 18.2. The zero-order chi connectivity index (χ0) is 17.7. The van der Waals surface area contributed by atoms with E-state index in [1.54, 1.807) is 0 Å². The van der Waals surface area contributed by atoms with Crippen molar-refractivity contribution in [2.45, 2.75) is 25.7 Å². The Labute approximate surface area is 142 Å². The molecule has 2 aromatic rings. The fourth-order valence-electron chi connectivity index (χ4n) is 2.25. The molecule has 0 fully saturated rings. The SMILES string of the molecule is CC(=O)c1ccc(S(=O)(=O)NCCOc2ccc(C)cc2C)cc1. The summed E-state index contributed by atoms with van der Waals surface area (Å²) < 4.78 is 32.5. The Morgan fingerprint density at radius 3 is 2.33 bits per heavy atom. The van der Waals surface area contributed by atoms with Crippen molar-refractivity contribution in [2.24, 2.45) is 0 Å². The van der Waals surface area contributed by atoms with E-state index in [0.717, 1.165) is 16.9 Å². The van der Waals surface area contributed by atoms with Crippen molar-refractivity contribution in [1.29, 1.82) is 0 Å². The quantitative estimate of drug-likeness (QED) is 0.617. The third-order valence-electron chi connectivity index (χ3n) is 3.55. The molecule has 0 aliphatic rings. The van der Waals surface area contributed by atoms with Crippen LogP contribution in [0, 0.1) is 13.8 Å². The maximum atomic E-state index is 12.2. The minimum absolute atomic E-state index is 0.103. The third-order valence-corrected chi connectivity index (χ3v) is 5.03. The number of hydrogen-bond donors (Lipinski definition) is 1. The first-order valence-electron chi connectivity index (χ1n) is 7.60. The van der Waals surface area contributed by atoms with Gasteiger partial charge >= 0.3 is 0 Å². The molecule has 0 bridgehead atoms. The van der Waals surface area contributed by atoms with Gasteiger partial charge in [-0.2, -0.15) is 0 Å². The van der Waals surface area contributed by atoms with E-state index in [1.165, 1.54) is 31.2 Å². The van der Waals surface area contributed by atoms with Crippen molar-refractivity contribution in [2.75, 3.05) is 13.2 Å². The van der Waals surface area contributed by atoms with Gasteiger partial charge in [0.1, 0.15) is 12.4 Å². The van der Waals surface area contributed by atoms with Crippen LogP contribution in [0.25, 0.3) is 0 Å². The Morgan fingerprint density at radius 1 is 1.08 bits per heavy atom. The Bertz CT molecular complexity index is 827. The van der Waals surface area contributed by atoms with Crippen LogP contribution in [0.2, 0.25) is 0 Å². The second-order valence-corrected chi connectivity index (χ2v) is 7.36. The average molecular weight is 347 g/mol. The number of carbonyl (C=O) groups excluding carboxylic acids is 1. The van der Waals surface area contributed by atoms with Gasteiger partial charge in [0, 0.05) is 12.1 Å². The molecule has 128 valence electrons. The van der Waals surface area contributed by atoms with Gasteiger partial charge in [-0.1, -0.05) is 29.8 Å². The molecule has 2 aromatic carbocycles. The molecule has 24 heavy (non-hydrogen) atoms. The van der Waals surface area contributed by atoms with Crippen LogP contribution >= 0.6 is 0 Å². The predicted molar refractivity (Wildman–Crippen MR) is 93.0 cm³/mol. The first-order valence-corrected chi connectivity index (χ1v) is 9.08. The smallest absolute Gasteiger partial charge is 0.240 e. The molecule has 0 unspecified atom stereocenters. The molecule has 0 atom stereocenters. The Morgan fingerprint density at radius 2 is 1.75 bits per heavy atom. The summed E-state index contributed by atoms with van der Waals surface area (Å²) >= 11 is 0. The summed E-state index contributed by atoms with van der Waals surface area (Å²) in [6.45, 7) is 5.77. The number of hydrogen-bond acceptors (Lipinski definition) is 4. The van der Waals surface area contributed by atoms with Crippen LogP contribution in [0.4, 0.5) is 0 Å². The Balaban J connectivity index is 1.91. The summed E-state index contributed by atoms with van der Waals surface area (Å²) in [5, 5.41) is 0.